The summed E-state index contributed by atoms with van der Waals surface area (Å²) < 4.78 is 17.4. The predicted octanol–water partition coefficient (Wildman–Crippen LogP) is 2.25. The fourth-order valence-electron chi connectivity index (χ4n) is 4.80. The molecular weight excluding hydrogens is 518 g/mol. The molecule has 206 valence electrons. The molecule has 2 aliphatic heterocycles. The Morgan fingerprint density at radius 2 is 1.45 bits per heavy atom. The summed E-state index contributed by atoms with van der Waals surface area (Å²) in [6, 6.07) is 20.0. The number of aliphatic hydroxyl groups is 1. The van der Waals surface area contributed by atoms with Gasteiger partial charge in [0.15, 0.2) is 5.60 Å². The number of urea groups is 1. The van der Waals surface area contributed by atoms with Crippen molar-refractivity contribution in [1.82, 2.24) is 10.6 Å². The van der Waals surface area contributed by atoms with Gasteiger partial charge in [0.25, 0.3) is 23.3 Å². The summed E-state index contributed by atoms with van der Waals surface area (Å²) in [5, 5.41) is 15.3. The van der Waals surface area contributed by atoms with Crippen LogP contribution in [0, 0.1) is 0 Å². The number of hydrogen-bond acceptors (Lipinski definition) is 8. The first-order chi connectivity index (χ1) is 19.2. The molecule has 11 heteroatoms. The molecule has 2 atom stereocenters. The fraction of sp³-hybridized carbons (Fsp3) is 0.241. The van der Waals surface area contributed by atoms with Gasteiger partial charge in [-0.15, -0.1) is 0 Å². The Bertz CT molecular complexity index is 1400. The van der Waals surface area contributed by atoms with Gasteiger partial charge in [-0.1, -0.05) is 42.5 Å². The molecule has 2 heterocycles. The van der Waals surface area contributed by atoms with Gasteiger partial charge in [-0.05, 0) is 60.4 Å². The zero-order valence-corrected chi connectivity index (χ0v) is 21.3. The van der Waals surface area contributed by atoms with Crippen molar-refractivity contribution in [1.29, 1.82) is 0 Å². The van der Waals surface area contributed by atoms with E-state index in [0.29, 0.717) is 30.1 Å². The van der Waals surface area contributed by atoms with Crippen LogP contribution in [-0.2, 0) is 24.7 Å². The van der Waals surface area contributed by atoms with Crippen LogP contribution in [-0.4, -0.2) is 47.2 Å². The molecule has 5 N–H and O–H groups in total. The number of carbonyl (C=O) groups is 4. The highest BCUT2D eigenvalue weighted by atomic mass is 16.5. The number of primary amides is 1. The Hall–Kier alpha value is -4.74. The largest absolute Gasteiger partial charge is 0.467 e. The van der Waals surface area contributed by atoms with Gasteiger partial charge in [-0.25, -0.2) is 4.79 Å². The van der Waals surface area contributed by atoms with Crippen LogP contribution < -0.4 is 25.8 Å². The Balaban J connectivity index is 1.31. The third-order valence-electron chi connectivity index (χ3n) is 6.90. The van der Waals surface area contributed by atoms with E-state index >= 15 is 0 Å². The first-order valence-electron chi connectivity index (χ1n) is 12.6. The third-order valence-corrected chi connectivity index (χ3v) is 6.90. The quantitative estimate of drug-likeness (QED) is 0.297. The first-order valence-corrected chi connectivity index (χ1v) is 12.6. The van der Waals surface area contributed by atoms with Crippen molar-refractivity contribution in [3.63, 3.8) is 0 Å². The maximum Gasteiger partial charge on any atom is 0.328 e. The molecule has 0 aliphatic carbocycles. The number of ether oxygens (including phenoxy) is 3. The van der Waals surface area contributed by atoms with Gasteiger partial charge in [0.2, 0.25) is 0 Å². The van der Waals surface area contributed by atoms with Gasteiger partial charge in [0.05, 0.1) is 6.10 Å². The van der Waals surface area contributed by atoms with Crippen molar-refractivity contribution in [2.45, 2.75) is 36.6 Å². The molecular formula is C29H27N3O8. The predicted molar refractivity (Wildman–Crippen MR) is 140 cm³/mol. The molecule has 3 aromatic rings. The molecule has 3 aromatic carbocycles. The van der Waals surface area contributed by atoms with Crippen LogP contribution in [0.1, 0.15) is 30.4 Å². The summed E-state index contributed by atoms with van der Waals surface area (Å²) in [6.45, 7) is 0.518. The topological polar surface area (TPSA) is 166 Å². The second kappa shape index (κ2) is 10.8. The number of amides is 5. The van der Waals surface area contributed by atoms with E-state index in [0.717, 1.165) is 6.42 Å². The van der Waals surface area contributed by atoms with Crippen molar-refractivity contribution < 1.29 is 38.5 Å². The van der Waals surface area contributed by atoms with Gasteiger partial charge >= 0.3 is 6.03 Å². The lowest BCUT2D eigenvalue weighted by atomic mass is 9.86. The van der Waals surface area contributed by atoms with E-state index in [1.54, 1.807) is 66.7 Å². The zero-order valence-electron chi connectivity index (χ0n) is 21.3. The maximum absolute atomic E-state index is 12.8. The van der Waals surface area contributed by atoms with Crippen molar-refractivity contribution >= 4 is 23.8 Å². The highest BCUT2D eigenvalue weighted by molar-refractivity contribution is 6.21. The van der Waals surface area contributed by atoms with Crippen molar-refractivity contribution in [2.24, 2.45) is 5.73 Å². The smallest absolute Gasteiger partial charge is 0.328 e. The maximum atomic E-state index is 12.8. The minimum Gasteiger partial charge on any atom is -0.467 e. The molecule has 0 spiro atoms. The summed E-state index contributed by atoms with van der Waals surface area (Å²) in [7, 11) is 0. The summed E-state index contributed by atoms with van der Waals surface area (Å²) in [6.07, 6.45) is 1.03. The zero-order chi connectivity index (χ0) is 28.3. The fourth-order valence-corrected chi connectivity index (χ4v) is 4.80. The number of barbiturate groups is 1. The van der Waals surface area contributed by atoms with E-state index in [2.05, 4.69) is 10.6 Å². The minimum atomic E-state index is -2.01. The molecule has 0 saturated carbocycles. The molecule has 2 unspecified atom stereocenters. The Morgan fingerprint density at radius 1 is 0.900 bits per heavy atom. The van der Waals surface area contributed by atoms with Crippen molar-refractivity contribution in [3.05, 3.63) is 90.0 Å². The molecule has 5 amide bonds. The first kappa shape index (κ1) is 26.9. The minimum absolute atomic E-state index is 0.0524. The molecule has 0 bridgehead atoms. The summed E-state index contributed by atoms with van der Waals surface area (Å²) >= 11 is 0. The molecule has 2 aliphatic rings. The Morgan fingerprint density at radius 3 is 2.00 bits per heavy atom. The molecule has 2 saturated heterocycles. The number of imide groups is 2. The Labute approximate surface area is 229 Å². The molecule has 0 radical (unpaired) electrons. The van der Waals surface area contributed by atoms with Crippen LogP contribution in [0.15, 0.2) is 78.9 Å². The lowest BCUT2D eigenvalue weighted by molar-refractivity contribution is -0.154. The van der Waals surface area contributed by atoms with E-state index in [-0.39, 0.29) is 23.8 Å². The normalized spacial score (nSPS) is 19.7. The van der Waals surface area contributed by atoms with Crippen molar-refractivity contribution in [3.8, 4) is 17.2 Å². The van der Waals surface area contributed by atoms with Gasteiger partial charge in [-0.2, -0.15) is 0 Å². The van der Waals surface area contributed by atoms with Crippen LogP contribution in [0.3, 0.4) is 0 Å². The lowest BCUT2D eigenvalue weighted by Crippen LogP contribution is -2.69. The molecule has 2 fully saturated rings. The van der Waals surface area contributed by atoms with Crippen LogP contribution in [0.2, 0.25) is 0 Å². The molecule has 11 nitrogen and oxygen atoms in total. The second-order valence-electron chi connectivity index (χ2n) is 9.54. The van der Waals surface area contributed by atoms with Crippen LogP contribution in [0.5, 0.6) is 17.2 Å². The van der Waals surface area contributed by atoms with Crippen molar-refractivity contribution in [2.75, 3.05) is 6.61 Å². The summed E-state index contributed by atoms with van der Waals surface area (Å²) in [5.74, 6) is -1.60. The molecule has 5 rings (SSSR count). The standard InChI is InChI=1S/C29H27N3O8/c30-24(33)29(37,18-5-2-1-3-6-18)19-8-10-20(11-9-19)39-21-12-14-22(15-13-21)40-28(17-23-7-4-16-38-23)25(34)31-27(36)32-26(28)35/h1-3,5-6,8-15,23,37H,4,7,16-17H2,(H2,30,33)(H2,31,32,34,35,36). The van der Waals surface area contributed by atoms with Gasteiger partial charge < -0.3 is 25.1 Å². The van der Waals surface area contributed by atoms with E-state index in [9.17, 15) is 24.3 Å². The highest BCUT2D eigenvalue weighted by Crippen LogP contribution is 2.33. The number of benzene rings is 3. The summed E-state index contributed by atoms with van der Waals surface area (Å²) in [5.41, 5.74) is 2.18. The Kier molecular flexibility index (Phi) is 7.24. The molecule has 0 aromatic heterocycles. The van der Waals surface area contributed by atoms with E-state index in [4.69, 9.17) is 19.9 Å². The van der Waals surface area contributed by atoms with Crippen LogP contribution in [0.25, 0.3) is 0 Å². The number of carbonyl (C=O) groups excluding carboxylic acids is 4. The highest BCUT2D eigenvalue weighted by Gasteiger charge is 2.54. The number of nitrogens with one attached hydrogen (secondary N) is 2. The van der Waals surface area contributed by atoms with E-state index < -0.39 is 35.0 Å². The monoisotopic (exact) mass is 545 g/mol. The van der Waals surface area contributed by atoms with E-state index in [1.165, 1.54) is 12.1 Å². The van der Waals surface area contributed by atoms with E-state index in [1.807, 2.05) is 0 Å². The SMILES string of the molecule is NC(=O)C(O)(c1ccccc1)c1ccc(Oc2ccc(OC3(CC4CCCO4)C(=O)NC(=O)NC3=O)cc2)cc1. The van der Waals surface area contributed by atoms with Gasteiger partial charge in [-0.3, -0.25) is 25.0 Å². The van der Waals surface area contributed by atoms with Gasteiger partial charge in [0.1, 0.15) is 17.2 Å². The van der Waals surface area contributed by atoms with Crippen LogP contribution in [0.4, 0.5) is 4.79 Å². The summed E-state index contributed by atoms with van der Waals surface area (Å²) in [4.78, 5) is 49.5. The number of rotatable bonds is 9. The lowest BCUT2D eigenvalue weighted by Gasteiger charge is -2.35. The number of nitrogens with two attached hydrogens (primary N) is 1. The average molecular weight is 546 g/mol. The van der Waals surface area contributed by atoms with Gasteiger partial charge in [0, 0.05) is 13.0 Å². The number of hydrogen-bond donors (Lipinski definition) is 4. The third kappa shape index (κ3) is 5.12. The average Bonchev–Trinajstić information content (AvgIpc) is 3.46. The molecule has 40 heavy (non-hydrogen) atoms. The van der Waals surface area contributed by atoms with Crippen LogP contribution >= 0.6 is 0 Å². The second-order valence-corrected chi connectivity index (χ2v) is 9.54.